The van der Waals surface area contributed by atoms with Gasteiger partial charge in [0.1, 0.15) is 5.69 Å². The Labute approximate surface area is 163 Å². The summed E-state index contributed by atoms with van der Waals surface area (Å²) in [5, 5.41) is 16.4. The minimum Gasteiger partial charge on any atom is -0.468 e. The van der Waals surface area contributed by atoms with E-state index >= 15 is 0 Å². The van der Waals surface area contributed by atoms with Crippen LogP contribution in [0.2, 0.25) is 0 Å². The van der Waals surface area contributed by atoms with Crippen molar-refractivity contribution >= 4 is 16.8 Å². The highest BCUT2D eigenvalue weighted by molar-refractivity contribution is 6.04. The zero-order valence-electron chi connectivity index (χ0n) is 15.2. The van der Waals surface area contributed by atoms with E-state index in [9.17, 15) is 18.0 Å². The minimum atomic E-state index is -4.45. The van der Waals surface area contributed by atoms with Gasteiger partial charge in [0.25, 0.3) is 5.91 Å². The zero-order chi connectivity index (χ0) is 20.9. The van der Waals surface area contributed by atoms with Crippen LogP contribution in [0, 0.1) is 0 Å². The molecule has 29 heavy (non-hydrogen) atoms. The SMILES string of the molecule is O=C(NCCCO)c1nccc2nn(Cc3cccc(OCC(F)(F)F)n3)cc12. The number of fused-ring (bicyclic) bond motifs is 1. The molecule has 0 saturated heterocycles. The Hall–Kier alpha value is -3.21. The third-order valence-corrected chi connectivity index (χ3v) is 3.81. The lowest BCUT2D eigenvalue weighted by Gasteiger charge is -2.09. The zero-order valence-corrected chi connectivity index (χ0v) is 15.2. The number of hydrogen-bond acceptors (Lipinski definition) is 6. The van der Waals surface area contributed by atoms with Crippen LogP contribution in [0.15, 0.2) is 36.7 Å². The number of aliphatic hydroxyl groups excluding tert-OH is 1. The van der Waals surface area contributed by atoms with Crippen LogP contribution in [0.25, 0.3) is 10.9 Å². The van der Waals surface area contributed by atoms with Crippen molar-refractivity contribution < 1.29 is 27.8 Å². The first kappa shape index (κ1) is 20.5. The standard InChI is InChI=1S/C18H18F3N5O3/c19-18(20,21)11-29-15-4-1-3-12(24-15)9-26-10-13-14(25-26)5-7-22-16(13)17(28)23-6-2-8-27/h1,3-5,7,10,27H,2,6,8-9,11H2,(H,23,28). The molecule has 11 heteroatoms. The molecule has 0 aliphatic rings. The number of aliphatic hydroxyl groups is 1. The molecule has 0 saturated carbocycles. The molecular formula is C18H18F3N5O3. The summed E-state index contributed by atoms with van der Waals surface area (Å²) in [7, 11) is 0. The highest BCUT2D eigenvalue weighted by Crippen LogP contribution is 2.19. The van der Waals surface area contributed by atoms with Crippen LogP contribution in [0.3, 0.4) is 0 Å². The number of aromatic nitrogens is 4. The molecule has 0 aromatic carbocycles. The fraction of sp³-hybridized carbons (Fsp3) is 0.333. The molecule has 0 aliphatic heterocycles. The number of nitrogens with one attached hydrogen (secondary N) is 1. The van der Waals surface area contributed by atoms with Crippen molar-refractivity contribution in [3.05, 3.63) is 48.0 Å². The van der Waals surface area contributed by atoms with Gasteiger partial charge >= 0.3 is 6.18 Å². The highest BCUT2D eigenvalue weighted by Gasteiger charge is 2.28. The van der Waals surface area contributed by atoms with E-state index in [0.29, 0.717) is 29.6 Å². The number of nitrogens with zero attached hydrogens (tertiary/aromatic N) is 4. The molecule has 0 spiro atoms. The Kier molecular flexibility index (Phi) is 6.27. The number of pyridine rings is 2. The van der Waals surface area contributed by atoms with Crippen LogP contribution in [0.5, 0.6) is 5.88 Å². The van der Waals surface area contributed by atoms with Gasteiger partial charge in [-0.25, -0.2) is 4.98 Å². The lowest BCUT2D eigenvalue weighted by Crippen LogP contribution is -2.26. The van der Waals surface area contributed by atoms with Gasteiger partial charge in [-0.2, -0.15) is 18.3 Å². The molecule has 2 N–H and O–H groups in total. The van der Waals surface area contributed by atoms with Gasteiger partial charge in [-0.1, -0.05) is 6.07 Å². The molecule has 3 heterocycles. The molecule has 1 amide bonds. The number of alkyl halides is 3. The number of amides is 1. The Morgan fingerprint density at radius 3 is 2.86 bits per heavy atom. The lowest BCUT2D eigenvalue weighted by molar-refractivity contribution is -0.154. The van der Waals surface area contributed by atoms with Crippen molar-refractivity contribution in [1.29, 1.82) is 0 Å². The van der Waals surface area contributed by atoms with Gasteiger partial charge in [-0.15, -0.1) is 0 Å². The topological polar surface area (TPSA) is 102 Å². The van der Waals surface area contributed by atoms with Crippen LogP contribution >= 0.6 is 0 Å². The highest BCUT2D eigenvalue weighted by atomic mass is 19.4. The Morgan fingerprint density at radius 1 is 1.28 bits per heavy atom. The van der Waals surface area contributed by atoms with Gasteiger partial charge in [-0.3, -0.25) is 14.5 Å². The summed E-state index contributed by atoms with van der Waals surface area (Å²) in [5.74, 6) is -0.522. The van der Waals surface area contributed by atoms with Crippen molar-refractivity contribution in [3.8, 4) is 5.88 Å². The first-order valence-corrected chi connectivity index (χ1v) is 8.72. The second-order valence-corrected chi connectivity index (χ2v) is 6.12. The maximum absolute atomic E-state index is 12.3. The Morgan fingerprint density at radius 2 is 2.10 bits per heavy atom. The van der Waals surface area contributed by atoms with Crippen molar-refractivity contribution in [3.63, 3.8) is 0 Å². The maximum Gasteiger partial charge on any atom is 0.422 e. The number of carbonyl (C=O) groups is 1. The van der Waals surface area contributed by atoms with Gasteiger partial charge in [0.2, 0.25) is 5.88 Å². The van der Waals surface area contributed by atoms with E-state index in [2.05, 4.69) is 25.1 Å². The predicted molar refractivity (Wildman–Crippen MR) is 96.5 cm³/mol. The largest absolute Gasteiger partial charge is 0.468 e. The molecular weight excluding hydrogens is 391 g/mol. The van der Waals surface area contributed by atoms with E-state index in [1.54, 1.807) is 24.4 Å². The number of rotatable bonds is 8. The molecule has 0 bridgehead atoms. The molecule has 0 radical (unpaired) electrons. The summed E-state index contributed by atoms with van der Waals surface area (Å²) in [6.45, 7) is -0.968. The maximum atomic E-state index is 12.3. The predicted octanol–water partition coefficient (Wildman–Crippen LogP) is 1.93. The van der Waals surface area contributed by atoms with Crippen LogP contribution in [0.4, 0.5) is 13.2 Å². The monoisotopic (exact) mass is 409 g/mol. The van der Waals surface area contributed by atoms with E-state index in [-0.39, 0.29) is 30.6 Å². The van der Waals surface area contributed by atoms with Gasteiger partial charge in [0.05, 0.1) is 23.1 Å². The molecule has 0 fully saturated rings. The van der Waals surface area contributed by atoms with Gasteiger partial charge in [0, 0.05) is 31.6 Å². The summed E-state index contributed by atoms with van der Waals surface area (Å²) in [5.41, 5.74) is 1.18. The van der Waals surface area contributed by atoms with Crippen molar-refractivity contribution in [2.75, 3.05) is 19.8 Å². The molecule has 154 valence electrons. The fourth-order valence-electron chi connectivity index (χ4n) is 2.57. The Balaban J connectivity index is 1.76. The Bertz CT molecular complexity index is 990. The van der Waals surface area contributed by atoms with Crippen LogP contribution < -0.4 is 10.1 Å². The molecule has 0 atom stereocenters. The first-order valence-electron chi connectivity index (χ1n) is 8.72. The summed E-state index contributed by atoms with van der Waals surface area (Å²) < 4.78 is 43.0. The second kappa shape index (κ2) is 8.86. The van der Waals surface area contributed by atoms with Gasteiger partial charge in [-0.05, 0) is 18.6 Å². The first-order chi connectivity index (χ1) is 13.9. The minimum absolute atomic E-state index is 0.0331. The molecule has 0 aliphatic carbocycles. The molecule has 8 nitrogen and oxygen atoms in total. The third-order valence-electron chi connectivity index (χ3n) is 3.81. The quantitative estimate of drug-likeness (QED) is 0.552. The van der Waals surface area contributed by atoms with Gasteiger partial charge < -0.3 is 15.2 Å². The second-order valence-electron chi connectivity index (χ2n) is 6.12. The average molecular weight is 409 g/mol. The normalized spacial score (nSPS) is 11.6. The number of halogens is 3. The summed E-state index contributed by atoms with van der Waals surface area (Å²) in [6, 6.07) is 6.16. The van der Waals surface area contributed by atoms with Crippen LogP contribution in [-0.2, 0) is 6.54 Å². The van der Waals surface area contributed by atoms with E-state index in [1.807, 2.05) is 0 Å². The van der Waals surface area contributed by atoms with Crippen molar-refractivity contribution in [1.82, 2.24) is 25.1 Å². The number of hydrogen-bond donors (Lipinski definition) is 2. The van der Waals surface area contributed by atoms with Gasteiger partial charge in [0.15, 0.2) is 6.61 Å². The third kappa shape index (κ3) is 5.64. The van der Waals surface area contributed by atoms with Crippen LogP contribution in [-0.4, -0.2) is 56.7 Å². The summed E-state index contributed by atoms with van der Waals surface area (Å²) >= 11 is 0. The average Bonchev–Trinajstić information content (AvgIpc) is 3.08. The number of ether oxygens (including phenoxy) is 1. The molecule has 0 unspecified atom stereocenters. The summed E-state index contributed by atoms with van der Waals surface area (Å²) in [6.07, 6.45) is -0.934. The smallest absolute Gasteiger partial charge is 0.422 e. The summed E-state index contributed by atoms with van der Waals surface area (Å²) in [4.78, 5) is 20.4. The van der Waals surface area contributed by atoms with Crippen LogP contribution in [0.1, 0.15) is 22.6 Å². The van der Waals surface area contributed by atoms with E-state index in [4.69, 9.17) is 5.11 Å². The number of carbonyl (C=O) groups excluding carboxylic acids is 1. The van der Waals surface area contributed by atoms with E-state index < -0.39 is 12.8 Å². The van der Waals surface area contributed by atoms with E-state index in [0.717, 1.165) is 0 Å². The molecule has 3 aromatic heterocycles. The van der Waals surface area contributed by atoms with E-state index in [1.165, 1.54) is 16.9 Å². The fourth-order valence-corrected chi connectivity index (χ4v) is 2.57. The molecule has 3 rings (SSSR count). The lowest BCUT2D eigenvalue weighted by atomic mass is 10.2. The molecule has 3 aromatic rings. The van der Waals surface area contributed by atoms with Crippen molar-refractivity contribution in [2.45, 2.75) is 19.1 Å². The van der Waals surface area contributed by atoms with Crippen molar-refractivity contribution in [2.24, 2.45) is 0 Å².